The summed E-state index contributed by atoms with van der Waals surface area (Å²) in [5.74, 6) is -0.280. The number of nitrogens with zero attached hydrogens (tertiary/aromatic N) is 7. The number of hydrogen-bond acceptors (Lipinski definition) is 18. The average molecular weight is 1150 g/mol. The second-order valence-corrected chi connectivity index (χ2v) is 21.0. The van der Waals surface area contributed by atoms with Crippen molar-refractivity contribution in [2.75, 3.05) is 138 Å². The molecule has 0 unspecified atom stereocenters. The molecular formula is C57H70Cl2FN7O11S. The van der Waals surface area contributed by atoms with E-state index in [2.05, 4.69) is 31.8 Å². The summed E-state index contributed by atoms with van der Waals surface area (Å²) in [5.41, 5.74) is 5.48. The summed E-state index contributed by atoms with van der Waals surface area (Å²) >= 11 is 16.2. The minimum Gasteiger partial charge on any atom is -0.487 e. The lowest BCUT2D eigenvalue weighted by atomic mass is 9.92. The van der Waals surface area contributed by atoms with Crippen molar-refractivity contribution in [3.05, 3.63) is 105 Å². The lowest BCUT2D eigenvalue weighted by Gasteiger charge is -2.35. The minimum atomic E-state index is -1.45. The number of fused-ring (bicyclic) bond motifs is 7. The molecule has 22 heteroatoms. The van der Waals surface area contributed by atoms with Crippen LogP contribution < -0.4 is 19.1 Å². The number of thiophene rings is 1. The molecule has 4 bridgehead atoms. The number of ether oxygens (including phenoxy) is 9. The number of piperazine rings is 1. The van der Waals surface area contributed by atoms with Gasteiger partial charge in [-0.05, 0) is 91.4 Å². The van der Waals surface area contributed by atoms with Crippen LogP contribution in [0.1, 0.15) is 34.4 Å². The highest BCUT2D eigenvalue weighted by atomic mass is 35.5. The van der Waals surface area contributed by atoms with Crippen molar-refractivity contribution in [3.8, 4) is 38.9 Å². The van der Waals surface area contributed by atoms with E-state index >= 15 is 0 Å². The number of carboxylic acids is 1. The van der Waals surface area contributed by atoms with Gasteiger partial charge in [0.15, 0.2) is 5.75 Å². The Bertz CT molecular complexity index is 2890. The Hall–Kier alpha value is -5.36. The van der Waals surface area contributed by atoms with Crippen LogP contribution in [-0.2, 0) is 52.7 Å². The molecule has 2 atom stereocenters. The van der Waals surface area contributed by atoms with Crippen LogP contribution in [0.3, 0.4) is 0 Å². The summed E-state index contributed by atoms with van der Waals surface area (Å²) in [7, 11) is 5.38. The molecule has 0 saturated carbocycles. The number of aromatic nitrogens is 4. The molecule has 3 aliphatic heterocycles. The van der Waals surface area contributed by atoms with Gasteiger partial charge in [-0.3, -0.25) is 4.90 Å². The first kappa shape index (κ1) is 59.8. The van der Waals surface area contributed by atoms with Crippen molar-refractivity contribution >= 4 is 56.7 Å². The number of anilines is 1. The Labute approximate surface area is 474 Å². The average Bonchev–Trinajstić information content (AvgIpc) is 4.12. The first-order valence-corrected chi connectivity index (χ1v) is 28.1. The molecule has 3 aromatic carbocycles. The van der Waals surface area contributed by atoms with Crippen molar-refractivity contribution in [3.63, 3.8) is 0 Å². The maximum atomic E-state index is 14.5. The maximum absolute atomic E-state index is 14.5. The van der Waals surface area contributed by atoms with Crippen molar-refractivity contribution in [2.24, 2.45) is 0 Å². The van der Waals surface area contributed by atoms with Crippen LogP contribution in [-0.4, -0.2) is 186 Å². The summed E-state index contributed by atoms with van der Waals surface area (Å²) in [4.78, 5) is 40.3. The second kappa shape index (κ2) is 29.9. The van der Waals surface area contributed by atoms with Gasteiger partial charge in [0.05, 0.1) is 87.2 Å². The molecule has 79 heavy (non-hydrogen) atoms. The van der Waals surface area contributed by atoms with Gasteiger partial charge in [-0.2, -0.15) is 0 Å². The Morgan fingerprint density at radius 1 is 0.810 bits per heavy atom. The molecule has 1 saturated heterocycles. The fraction of sp³-hybridized carbons (Fsp3) is 0.491. The van der Waals surface area contributed by atoms with Crippen LogP contribution in [0.2, 0.25) is 10.0 Å². The van der Waals surface area contributed by atoms with E-state index in [1.165, 1.54) is 29.8 Å². The summed E-state index contributed by atoms with van der Waals surface area (Å²) in [6.45, 7) is 13.5. The van der Waals surface area contributed by atoms with Crippen molar-refractivity contribution in [1.82, 2.24) is 29.7 Å². The van der Waals surface area contributed by atoms with Crippen LogP contribution in [0.5, 0.6) is 17.4 Å². The number of carbonyl (C=O) groups is 1. The monoisotopic (exact) mass is 1150 g/mol. The second-order valence-electron chi connectivity index (χ2n) is 19.3. The van der Waals surface area contributed by atoms with E-state index in [-0.39, 0.29) is 25.0 Å². The van der Waals surface area contributed by atoms with Gasteiger partial charge < -0.3 is 57.5 Å². The van der Waals surface area contributed by atoms with E-state index in [1.807, 2.05) is 36.9 Å². The number of aliphatic carboxylic acids is 1. The molecule has 0 aliphatic carbocycles. The molecule has 0 radical (unpaired) electrons. The molecule has 426 valence electrons. The van der Waals surface area contributed by atoms with Crippen LogP contribution in [0.25, 0.3) is 31.8 Å². The van der Waals surface area contributed by atoms with Crippen LogP contribution in [0.15, 0.2) is 61.1 Å². The number of likely N-dealkylation sites (N-methyl/N-ethyl adjacent to an activating group) is 1. The largest absolute Gasteiger partial charge is 0.487 e. The maximum Gasteiger partial charge on any atom is 0.345 e. The molecule has 9 rings (SSSR count). The summed E-state index contributed by atoms with van der Waals surface area (Å²) in [5, 5.41) is 12.2. The minimum absolute atomic E-state index is 0.0360. The molecule has 1 N–H and O–H groups in total. The number of hydrogen-bond donors (Lipinski definition) is 1. The van der Waals surface area contributed by atoms with E-state index in [9.17, 15) is 14.3 Å². The van der Waals surface area contributed by atoms with Gasteiger partial charge in [0.2, 0.25) is 17.9 Å². The van der Waals surface area contributed by atoms with Crippen molar-refractivity contribution in [1.29, 1.82) is 0 Å². The number of halogens is 3. The van der Waals surface area contributed by atoms with Crippen molar-refractivity contribution < 1.29 is 56.9 Å². The molecule has 0 amide bonds. The number of methoxy groups -OCH3 is 2. The summed E-state index contributed by atoms with van der Waals surface area (Å²) in [6.07, 6.45) is 2.29. The third-order valence-corrected chi connectivity index (χ3v) is 15.8. The summed E-state index contributed by atoms with van der Waals surface area (Å²) in [6, 6.07) is 13.8. The zero-order valence-electron chi connectivity index (χ0n) is 45.5. The van der Waals surface area contributed by atoms with Gasteiger partial charge in [0.25, 0.3) is 0 Å². The molecule has 0 spiro atoms. The van der Waals surface area contributed by atoms with E-state index < -0.39 is 17.9 Å². The zero-order chi connectivity index (χ0) is 55.7. The first-order valence-electron chi connectivity index (χ1n) is 26.5. The normalized spacial score (nSPS) is 16.2. The number of carboxylic acid groups (broad SMARTS) is 1. The third-order valence-electron chi connectivity index (χ3n) is 13.8. The van der Waals surface area contributed by atoms with E-state index in [0.29, 0.717) is 180 Å². The fourth-order valence-electron chi connectivity index (χ4n) is 9.42. The molecular weight excluding hydrogens is 1080 g/mol. The lowest BCUT2D eigenvalue weighted by Crippen LogP contribution is -2.48. The Balaban J connectivity index is 1.12. The van der Waals surface area contributed by atoms with E-state index in [4.69, 9.17) is 70.8 Å². The number of aryl methyl sites for hydroxylation is 1. The highest BCUT2D eigenvalue weighted by Crippen LogP contribution is 2.53. The number of benzene rings is 3. The van der Waals surface area contributed by atoms with Gasteiger partial charge in [-0.1, -0.05) is 47.5 Å². The lowest BCUT2D eigenvalue weighted by molar-refractivity contribution is -0.145. The first-order chi connectivity index (χ1) is 38.4. The standard InChI is InChI=1S/C57H70Cl2FN7O11S/c1-37-47-38(2)51(59)52(50(37)58)77-44(34-66-18-16-65(3)17-19-66)12-6-39-7-13-45(41(32-39)33-46(56(68)69)78-54-49-48(47)53(79-55(49)63-36-62-54)40-8-10-42(60)11-9-40)76-35-43-14-15-61-57(64-43)67(20-22-72-28-30-74-26-24-70-4)21-23-73-29-31-75-27-25-71-5/h7-11,13-15,32,36,44,46H,6,12,16-31,33-35H2,1-5H3,(H,68,69)/t44-,46+/m0/s1. The number of rotatable bonds is 26. The van der Waals surface area contributed by atoms with E-state index in [0.717, 1.165) is 31.7 Å². The van der Waals surface area contributed by atoms with Gasteiger partial charge in [-0.15, -0.1) is 11.3 Å². The third kappa shape index (κ3) is 16.2. The molecule has 3 aliphatic rings. The Kier molecular flexibility index (Phi) is 22.6. The predicted molar refractivity (Wildman–Crippen MR) is 302 cm³/mol. The Morgan fingerprint density at radius 2 is 1.46 bits per heavy atom. The quantitative estimate of drug-likeness (QED) is 0.0509. The fourth-order valence-corrected chi connectivity index (χ4v) is 11.1. The zero-order valence-corrected chi connectivity index (χ0v) is 47.8. The molecule has 18 nitrogen and oxygen atoms in total. The van der Waals surface area contributed by atoms with E-state index in [1.54, 1.807) is 38.6 Å². The van der Waals surface area contributed by atoms with Crippen LogP contribution in [0, 0.1) is 19.7 Å². The van der Waals surface area contributed by atoms with Crippen LogP contribution >= 0.6 is 34.5 Å². The molecule has 1 fully saturated rings. The molecule has 6 heterocycles. The SMILES string of the molecule is COCCOCCOCCN(CCOCCOCCOC)c1nccc(COc2ccc3cc2C[C@H](C(=O)O)Oc2ncnc4sc(-c5ccc(F)cc5)c(c24)-c2c(C)c(Cl)c(c(Cl)c2C)O[C@H](CN2CCN(C)CC2)CC3)n1. The van der Waals surface area contributed by atoms with Gasteiger partial charge in [-0.25, -0.2) is 29.1 Å². The smallest absolute Gasteiger partial charge is 0.345 e. The summed E-state index contributed by atoms with van der Waals surface area (Å²) < 4.78 is 67.7. The van der Waals surface area contributed by atoms with Gasteiger partial charge in [0, 0.05) is 83.1 Å². The van der Waals surface area contributed by atoms with Crippen molar-refractivity contribution in [2.45, 2.75) is 51.9 Å². The highest BCUT2D eigenvalue weighted by molar-refractivity contribution is 7.22. The topological polar surface area (TPSA) is 182 Å². The van der Waals surface area contributed by atoms with Gasteiger partial charge >= 0.3 is 5.97 Å². The Morgan fingerprint density at radius 3 is 2.10 bits per heavy atom. The molecule has 3 aromatic heterocycles. The van der Waals surface area contributed by atoms with Gasteiger partial charge in [0.1, 0.15) is 35.4 Å². The predicted octanol–water partition coefficient (Wildman–Crippen LogP) is 8.64. The molecule has 6 aromatic rings. The highest BCUT2D eigenvalue weighted by Gasteiger charge is 2.32. The van der Waals surface area contributed by atoms with Crippen LogP contribution in [0.4, 0.5) is 10.3 Å².